The van der Waals surface area contributed by atoms with Crippen LogP contribution in [0.2, 0.25) is 0 Å². The van der Waals surface area contributed by atoms with Crippen molar-refractivity contribution in [2.75, 3.05) is 22.8 Å². The van der Waals surface area contributed by atoms with Gasteiger partial charge in [-0.25, -0.2) is 13.8 Å². The second-order valence-electron chi connectivity index (χ2n) is 8.73. The minimum Gasteiger partial charge on any atom is -0.381 e. The molecule has 0 spiro atoms. The fourth-order valence-corrected chi connectivity index (χ4v) is 6.48. The molecule has 0 saturated carbocycles. The Morgan fingerprint density at radius 3 is 2.27 bits per heavy atom. The smallest absolute Gasteiger partial charge is 0.334 e. The van der Waals surface area contributed by atoms with Crippen LogP contribution >= 0.6 is 0 Å². The molecule has 1 aromatic carbocycles. The van der Waals surface area contributed by atoms with Crippen molar-refractivity contribution >= 4 is 57.3 Å². The number of carbonyl (C=O) groups excluding carboxylic acids is 1. The maximum atomic E-state index is 13.3. The third-order valence-corrected chi connectivity index (χ3v) is 8.00. The molecule has 1 aliphatic heterocycles. The van der Waals surface area contributed by atoms with Gasteiger partial charge in [0.15, 0.2) is 5.82 Å². The molecule has 2 aromatic rings. The monoisotopic (exact) mass is 483 g/mol. The first-order valence-electron chi connectivity index (χ1n) is 11.2. The molecule has 1 aromatic heterocycles. The fourth-order valence-electron chi connectivity index (χ4n) is 5.16. The van der Waals surface area contributed by atoms with E-state index in [4.69, 9.17) is 9.26 Å². The molecule has 0 unspecified atom stereocenters. The van der Waals surface area contributed by atoms with Gasteiger partial charge in [-0.15, -0.1) is 0 Å². The molecule has 1 fully saturated rings. The Hall–Kier alpha value is -1.59. The molecule has 5 rings (SSSR count). The van der Waals surface area contributed by atoms with Gasteiger partial charge < -0.3 is 14.6 Å². The van der Waals surface area contributed by atoms with Gasteiger partial charge in [0.25, 0.3) is 0 Å². The summed E-state index contributed by atoms with van der Waals surface area (Å²) in [4.78, 5) is 13.0. The van der Waals surface area contributed by atoms with Crippen LogP contribution in [0.25, 0.3) is 0 Å². The van der Waals surface area contributed by atoms with Crippen LogP contribution in [0.15, 0.2) is 16.7 Å². The van der Waals surface area contributed by atoms with E-state index < -0.39 is 16.2 Å². The predicted octanol–water partition coefficient (Wildman–Crippen LogP) is 2.63. The van der Waals surface area contributed by atoms with Crippen LogP contribution in [0.4, 0.5) is 16.3 Å². The molecule has 0 atom stereocenters. The zero-order valence-corrected chi connectivity index (χ0v) is 22.0. The average molecular weight is 484 g/mol. The Kier molecular flexibility index (Phi) is 7.40. The molecule has 9 nitrogen and oxygen atoms in total. The Labute approximate surface area is 216 Å². The molecular weight excluding hydrogens is 455 g/mol. The maximum Gasteiger partial charge on any atom is 0.334 e. The van der Waals surface area contributed by atoms with Crippen molar-refractivity contribution in [3.05, 3.63) is 40.1 Å². The summed E-state index contributed by atoms with van der Waals surface area (Å²) in [6, 6.07) is 2.70. The number of aryl methyl sites for hydroxylation is 3. The van der Waals surface area contributed by atoms with Crippen molar-refractivity contribution in [2.24, 2.45) is 0 Å². The third-order valence-electron chi connectivity index (χ3n) is 6.56. The second-order valence-corrected chi connectivity index (χ2v) is 10.3. The van der Waals surface area contributed by atoms with Crippen LogP contribution in [0.1, 0.15) is 53.7 Å². The van der Waals surface area contributed by atoms with Crippen molar-refractivity contribution in [1.29, 1.82) is 0 Å². The van der Waals surface area contributed by atoms with Gasteiger partial charge in [0.1, 0.15) is 5.76 Å². The van der Waals surface area contributed by atoms with Gasteiger partial charge in [0.05, 0.1) is 6.04 Å². The fraction of sp³-hybridized carbons (Fsp3) is 0.545. The van der Waals surface area contributed by atoms with Gasteiger partial charge in [-0.3, -0.25) is 0 Å². The maximum absolute atomic E-state index is 13.3. The Bertz CT molecular complexity index is 1110. The second kappa shape index (κ2) is 9.95. The number of amides is 2. The summed E-state index contributed by atoms with van der Waals surface area (Å²) in [5.41, 5.74) is 5.63. The van der Waals surface area contributed by atoms with E-state index in [0.717, 1.165) is 59.6 Å². The van der Waals surface area contributed by atoms with Crippen LogP contribution in [-0.4, -0.2) is 68.4 Å². The summed E-state index contributed by atoms with van der Waals surface area (Å²) in [5, 5.41) is 6.79. The number of nitrogens with zero attached hydrogens (tertiary/aromatic N) is 2. The van der Waals surface area contributed by atoms with E-state index in [0.29, 0.717) is 31.8 Å². The summed E-state index contributed by atoms with van der Waals surface area (Å²) in [6.45, 7) is 2.59. The van der Waals surface area contributed by atoms with Crippen LogP contribution in [0, 0.1) is 6.92 Å². The first kappa shape index (κ1) is 24.5. The number of aromatic nitrogens is 1. The summed E-state index contributed by atoms with van der Waals surface area (Å²) >= 11 is 0. The molecule has 173 valence electrons. The van der Waals surface area contributed by atoms with Crippen LogP contribution in [-0.2, 0) is 40.6 Å². The van der Waals surface area contributed by atoms with E-state index in [1.807, 2.05) is 0 Å². The number of hydrogen-bond acceptors (Lipinski definition) is 6. The molecule has 2 amide bonds. The molecule has 11 heteroatoms. The van der Waals surface area contributed by atoms with Crippen LogP contribution < -0.4 is 14.3 Å². The average Bonchev–Trinajstić information content (AvgIpc) is 3.49. The minimum absolute atomic E-state index is 0. The molecule has 1 saturated heterocycles. The molecule has 2 heterocycles. The SMILES string of the molecule is Cc1cc(N(C2CCOCC2)S(=O)(=O)NC(=O)Nc2c3c(cc4c2CCC4)CCC3)no1.[Na]. The van der Waals surface area contributed by atoms with E-state index in [9.17, 15) is 13.2 Å². The van der Waals surface area contributed by atoms with Crippen LogP contribution in [0.5, 0.6) is 0 Å². The number of rotatable bonds is 5. The topological polar surface area (TPSA) is 114 Å². The van der Waals surface area contributed by atoms with Gasteiger partial charge in [-0.05, 0) is 80.5 Å². The number of anilines is 2. The number of carbonyl (C=O) groups is 1. The Morgan fingerprint density at radius 1 is 1.06 bits per heavy atom. The number of urea groups is 1. The zero-order chi connectivity index (χ0) is 22.3. The van der Waals surface area contributed by atoms with Crippen molar-refractivity contribution in [3.8, 4) is 0 Å². The Balaban J connectivity index is 0.00000259. The first-order valence-corrected chi connectivity index (χ1v) is 12.7. The molecule has 2 N–H and O–H groups in total. The summed E-state index contributed by atoms with van der Waals surface area (Å²) in [6.07, 6.45) is 6.92. The molecular formula is C22H28N4NaO5S. The minimum atomic E-state index is -4.22. The van der Waals surface area contributed by atoms with Gasteiger partial charge in [-0.2, -0.15) is 8.42 Å². The molecule has 2 aliphatic carbocycles. The standard InChI is InChI=1S/C22H28N4O5S.Na/c1-14-12-20(24-31-14)26(17-8-10-30-11-9-17)32(28,29)25-22(27)23-21-18-6-2-4-15(18)13-16-5-3-7-19(16)21;/h12-13,17H,2-11H2,1H3,(H2,23,25,27);. The van der Waals surface area contributed by atoms with E-state index in [1.54, 1.807) is 13.0 Å². The van der Waals surface area contributed by atoms with E-state index in [2.05, 4.69) is 21.3 Å². The largest absolute Gasteiger partial charge is 0.381 e. The predicted molar refractivity (Wildman–Crippen MR) is 125 cm³/mol. The molecule has 0 bridgehead atoms. The number of fused-ring (bicyclic) bond motifs is 2. The molecule has 3 aliphatic rings. The number of nitrogens with one attached hydrogen (secondary N) is 2. The normalized spacial score (nSPS) is 17.7. The van der Waals surface area contributed by atoms with E-state index in [1.165, 1.54) is 11.1 Å². The van der Waals surface area contributed by atoms with Crippen molar-refractivity contribution in [2.45, 2.75) is 64.3 Å². The van der Waals surface area contributed by atoms with Crippen molar-refractivity contribution in [3.63, 3.8) is 0 Å². The number of ether oxygens (including phenoxy) is 1. The molecule has 33 heavy (non-hydrogen) atoms. The zero-order valence-electron chi connectivity index (χ0n) is 19.1. The third kappa shape index (κ3) is 4.95. The van der Waals surface area contributed by atoms with E-state index >= 15 is 0 Å². The Morgan fingerprint density at radius 2 is 1.70 bits per heavy atom. The number of hydrogen-bond donors (Lipinski definition) is 2. The first-order chi connectivity index (χ1) is 15.4. The summed E-state index contributed by atoms with van der Waals surface area (Å²) < 4.78 is 40.6. The quantitative estimate of drug-likeness (QED) is 0.632. The van der Waals surface area contributed by atoms with E-state index in [-0.39, 0.29) is 41.4 Å². The van der Waals surface area contributed by atoms with Gasteiger partial charge >= 0.3 is 16.2 Å². The molecule has 1 radical (unpaired) electrons. The van der Waals surface area contributed by atoms with Crippen molar-refractivity contribution < 1.29 is 22.5 Å². The van der Waals surface area contributed by atoms with Crippen molar-refractivity contribution in [1.82, 2.24) is 9.88 Å². The van der Waals surface area contributed by atoms with Gasteiger partial charge in [0, 0.05) is 54.5 Å². The van der Waals surface area contributed by atoms with Gasteiger partial charge in [0.2, 0.25) is 0 Å². The summed E-state index contributed by atoms with van der Waals surface area (Å²) in [5.74, 6) is 0.656. The van der Waals surface area contributed by atoms with Crippen LogP contribution in [0.3, 0.4) is 0 Å². The van der Waals surface area contributed by atoms with Gasteiger partial charge in [-0.1, -0.05) is 11.2 Å². The number of benzene rings is 1. The summed E-state index contributed by atoms with van der Waals surface area (Å²) in [7, 11) is -4.22.